The van der Waals surface area contributed by atoms with Crippen LogP contribution in [0.1, 0.15) is 26.2 Å². The maximum Gasteiger partial charge on any atom is 0.320 e. The Morgan fingerprint density at radius 2 is 1.50 bits per heavy atom. The van der Waals surface area contributed by atoms with Crippen molar-refractivity contribution in [3.63, 3.8) is 0 Å². The fourth-order valence-electron chi connectivity index (χ4n) is 3.04. The van der Waals surface area contributed by atoms with E-state index < -0.39 is 18.0 Å². The van der Waals surface area contributed by atoms with Crippen LogP contribution in [0, 0.1) is 0 Å². The number of hydrogen-bond acceptors (Lipinski definition) is 8. The highest BCUT2D eigenvalue weighted by molar-refractivity contribution is 5.79. The lowest BCUT2D eigenvalue weighted by Crippen LogP contribution is -2.47. The predicted molar refractivity (Wildman–Crippen MR) is 102 cm³/mol. The lowest BCUT2D eigenvalue weighted by atomic mass is 10.1. The standard InChI is InChI=1S/C17H29N3O6.CH4O/c1-2-14(22)3-4-15(17(25)26)20-9-7-18(11-12-21)5-6-19(8-10-20)13-16(23)24;1-2/h12,15H,2-11,13H2,1H3,(H,23,24)(H,25,26);2H,1H3. The number of carboxylic acid groups (broad SMARTS) is 2. The van der Waals surface area contributed by atoms with E-state index in [9.17, 15) is 24.3 Å². The molecule has 28 heavy (non-hydrogen) atoms. The quantitative estimate of drug-likeness (QED) is 0.390. The summed E-state index contributed by atoms with van der Waals surface area (Å²) in [5.74, 6) is -1.91. The second-order valence-electron chi connectivity index (χ2n) is 6.46. The number of aliphatic carboxylic acids is 2. The first kappa shape index (κ1) is 26.1. The van der Waals surface area contributed by atoms with Crippen LogP contribution in [0.5, 0.6) is 0 Å². The van der Waals surface area contributed by atoms with Gasteiger partial charge in [0, 0.05) is 59.2 Å². The van der Waals surface area contributed by atoms with Crippen LogP contribution in [0.4, 0.5) is 0 Å². The van der Waals surface area contributed by atoms with Crippen LogP contribution in [0.3, 0.4) is 0 Å². The van der Waals surface area contributed by atoms with Crippen molar-refractivity contribution in [1.29, 1.82) is 0 Å². The summed E-state index contributed by atoms with van der Waals surface area (Å²) in [7, 11) is 1.00. The third-order valence-corrected chi connectivity index (χ3v) is 4.65. The Hall–Kier alpha value is -1.88. The molecule has 1 atom stereocenters. The molecule has 0 spiro atoms. The van der Waals surface area contributed by atoms with Crippen LogP contribution in [0.25, 0.3) is 0 Å². The lowest BCUT2D eigenvalue weighted by molar-refractivity contribution is -0.144. The van der Waals surface area contributed by atoms with Crippen LogP contribution in [-0.4, -0.2) is 120 Å². The molecule has 1 unspecified atom stereocenters. The van der Waals surface area contributed by atoms with Crippen LogP contribution in [0.2, 0.25) is 0 Å². The van der Waals surface area contributed by atoms with Gasteiger partial charge < -0.3 is 20.1 Å². The van der Waals surface area contributed by atoms with Crippen molar-refractivity contribution >= 4 is 24.0 Å². The molecule has 1 fully saturated rings. The van der Waals surface area contributed by atoms with Gasteiger partial charge >= 0.3 is 11.9 Å². The fourth-order valence-corrected chi connectivity index (χ4v) is 3.04. The van der Waals surface area contributed by atoms with Gasteiger partial charge in [0.1, 0.15) is 18.1 Å². The molecule has 1 heterocycles. The molecule has 0 saturated carbocycles. The van der Waals surface area contributed by atoms with Crippen molar-refractivity contribution in [1.82, 2.24) is 14.7 Å². The van der Waals surface area contributed by atoms with Gasteiger partial charge in [-0.1, -0.05) is 6.92 Å². The summed E-state index contributed by atoms with van der Waals surface area (Å²) in [6.45, 7) is 4.68. The van der Waals surface area contributed by atoms with Crippen LogP contribution in [0.15, 0.2) is 0 Å². The molecule has 1 aliphatic rings. The molecule has 0 bridgehead atoms. The number of aliphatic hydroxyl groups excluding tert-OH is 1. The Kier molecular flexibility index (Phi) is 14.1. The summed E-state index contributed by atoms with van der Waals surface area (Å²) in [5, 5.41) is 25.6. The van der Waals surface area contributed by atoms with Crippen molar-refractivity contribution in [2.45, 2.75) is 32.2 Å². The smallest absolute Gasteiger partial charge is 0.320 e. The van der Waals surface area contributed by atoms with E-state index in [4.69, 9.17) is 10.2 Å². The van der Waals surface area contributed by atoms with Crippen molar-refractivity contribution in [2.75, 3.05) is 59.5 Å². The molecule has 1 aliphatic heterocycles. The third kappa shape index (κ3) is 10.5. The summed E-state index contributed by atoms with van der Waals surface area (Å²) in [6.07, 6.45) is 1.61. The molecule has 0 radical (unpaired) electrons. The maximum absolute atomic E-state index is 11.7. The SMILES string of the molecule is CCC(=O)CCC(C(=O)O)N1CCN(CC=O)CCN(CC(=O)O)CC1.CO. The molecule has 0 aliphatic carbocycles. The molecular weight excluding hydrogens is 370 g/mol. The van der Waals surface area contributed by atoms with Gasteiger partial charge in [0.25, 0.3) is 0 Å². The van der Waals surface area contributed by atoms with Crippen molar-refractivity contribution in [3.8, 4) is 0 Å². The summed E-state index contributed by atoms with van der Waals surface area (Å²) in [4.78, 5) is 50.6. The normalized spacial score (nSPS) is 18.0. The average molecular weight is 403 g/mol. The number of aldehydes is 1. The predicted octanol–water partition coefficient (Wildman–Crippen LogP) is -0.989. The van der Waals surface area contributed by atoms with E-state index in [1.54, 1.807) is 16.7 Å². The molecule has 0 amide bonds. The Labute approximate surface area is 165 Å². The van der Waals surface area contributed by atoms with E-state index >= 15 is 0 Å². The summed E-state index contributed by atoms with van der Waals surface area (Å²) in [5.41, 5.74) is 0. The van der Waals surface area contributed by atoms with Gasteiger partial charge in [-0.2, -0.15) is 0 Å². The van der Waals surface area contributed by atoms with Crippen LogP contribution >= 0.6 is 0 Å². The number of ketones is 1. The van der Waals surface area contributed by atoms with Crippen molar-refractivity contribution in [2.24, 2.45) is 0 Å². The van der Waals surface area contributed by atoms with Gasteiger partial charge in [0.05, 0.1) is 13.1 Å². The first-order valence-electron chi connectivity index (χ1n) is 9.40. The number of carbonyl (C=O) groups excluding carboxylic acids is 2. The van der Waals surface area contributed by atoms with E-state index in [0.717, 1.165) is 13.4 Å². The minimum atomic E-state index is -0.986. The van der Waals surface area contributed by atoms with Gasteiger partial charge in [-0.3, -0.25) is 29.1 Å². The Bertz CT molecular complexity index is 502. The van der Waals surface area contributed by atoms with E-state index in [1.807, 2.05) is 4.90 Å². The first-order chi connectivity index (χ1) is 13.4. The van der Waals surface area contributed by atoms with Gasteiger partial charge in [0.2, 0.25) is 0 Å². The minimum Gasteiger partial charge on any atom is -0.480 e. The summed E-state index contributed by atoms with van der Waals surface area (Å²) in [6, 6.07) is -0.798. The highest BCUT2D eigenvalue weighted by Gasteiger charge is 2.28. The Morgan fingerprint density at radius 3 is 2.00 bits per heavy atom. The molecule has 10 nitrogen and oxygen atoms in total. The van der Waals surface area contributed by atoms with Gasteiger partial charge in [-0.15, -0.1) is 0 Å². The van der Waals surface area contributed by atoms with Gasteiger partial charge in [-0.25, -0.2) is 0 Å². The Morgan fingerprint density at radius 1 is 0.964 bits per heavy atom. The molecule has 10 heteroatoms. The zero-order valence-corrected chi connectivity index (χ0v) is 16.7. The third-order valence-electron chi connectivity index (χ3n) is 4.65. The number of carboxylic acids is 2. The Balaban J connectivity index is 0.00000352. The van der Waals surface area contributed by atoms with Crippen molar-refractivity contribution in [3.05, 3.63) is 0 Å². The van der Waals surface area contributed by atoms with Crippen LogP contribution < -0.4 is 0 Å². The zero-order valence-electron chi connectivity index (χ0n) is 16.7. The molecule has 1 rings (SSSR count). The highest BCUT2D eigenvalue weighted by Crippen LogP contribution is 2.11. The highest BCUT2D eigenvalue weighted by atomic mass is 16.4. The molecule has 162 valence electrons. The van der Waals surface area contributed by atoms with E-state index in [2.05, 4.69) is 0 Å². The second-order valence-corrected chi connectivity index (χ2v) is 6.46. The molecule has 0 aromatic heterocycles. The summed E-state index contributed by atoms with van der Waals surface area (Å²) < 4.78 is 0. The van der Waals surface area contributed by atoms with Crippen LogP contribution in [-0.2, 0) is 19.2 Å². The number of rotatable bonds is 10. The number of aliphatic hydroxyl groups is 1. The molecule has 3 N–H and O–H groups in total. The average Bonchev–Trinajstić information content (AvgIpc) is 2.75. The number of Topliss-reactive ketones (excluding diaryl/α,β-unsaturated/α-hetero) is 1. The van der Waals surface area contributed by atoms with E-state index in [1.165, 1.54) is 0 Å². The first-order valence-corrected chi connectivity index (χ1v) is 9.40. The largest absolute Gasteiger partial charge is 0.480 e. The van der Waals surface area contributed by atoms with Gasteiger partial charge in [-0.05, 0) is 6.42 Å². The number of carbonyl (C=O) groups is 4. The minimum absolute atomic E-state index is 0.0237. The number of hydrogen-bond donors (Lipinski definition) is 3. The maximum atomic E-state index is 11.7. The monoisotopic (exact) mass is 403 g/mol. The van der Waals surface area contributed by atoms with Gasteiger partial charge in [0.15, 0.2) is 0 Å². The topological polar surface area (TPSA) is 139 Å². The molecular formula is C18H33N3O7. The lowest BCUT2D eigenvalue weighted by Gasteiger charge is -2.30. The zero-order chi connectivity index (χ0) is 21.5. The summed E-state index contributed by atoms with van der Waals surface area (Å²) >= 11 is 0. The van der Waals surface area contributed by atoms with E-state index in [0.29, 0.717) is 45.7 Å². The molecule has 0 aromatic rings. The second kappa shape index (κ2) is 15.1. The number of nitrogens with zero attached hydrogens (tertiary/aromatic N) is 3. The molecule has 0 aromatic carbocycles. The van der Waals surface area contributed by atoms with E-state index in [-0.39, 0.29) is 31.7 Å². The van der Waals surface area contributed by atoms with Crippen molar-refractivity contribution < 1.29 is 34.5 Å². The molecule has 1 saturated heterocycles. The fraction of sp³-hybridized carbons (Fsp3) is 0.778.